The average Bonchev–Trinajstić information content (AvgIpc) is 2.64. The van der Waals surface area contributed by atoms with Gasteiger partial charge in [-0.05, 0) is 37.8 Å². The van der Waals surface area contributed by atoms with E-state index in [1.807, 2.05) is 6.07 Å². The van der Waals surface area contributed by atoms with Crippen molar-refractivity contribution in [3.8, 4) is 0 Å². The molecule has 0 aromatic carbocycles. The molecular formula is C12H16N4S. The van der Waals surface area contributed by atoms with E-state index in [1.54, 1.807) is 17.7 Å². The van der Waals surface area contributed by atoms with Crippen LogP contribution in [0.1, 0.15) is 19.4 Å². The van der Waals surface area contributed by atoms with Crippen LogP contribution in [0.3, 0.4) is 0 Å². The Bertz CT molecular complexity index is 493. The summed E-state index contributed by atoms with van der Waals surface area (Å²) in [5, 5.41) is 9.73. The van der Waals surface area contributed by atoms with Crippen molar-refractivity contribution in [1.29, 1.82) is 0 Å². The minimum atomic E-state index is 0.362. The summed E-state index contributed by atoms with van der Waals surface area (Å²) < 4.78 is 0. The molecule has 0 fully saturated rings. The normalized spacial score (nSPS) is 10.6. The smallest absolute Gasteiger partial charge is 0.136 e. The molecule has 0 amide bonds. The summed E-state index contributed by atoms with van der Waals surface area (Å²) in [7, 11) is 0. The van der Waals surface area contributed by atoms with Crippen molar-refractivity contribution in [3.63, 3.8) is 0 Å². The molecule has 2 heterocycles. The van der Waals surface area contributed by atoms with Crippen LogP contribution in [-0.4, -0.2) is 16.0 Å². The fourth-order valence-corrected chi connectivity index (χ4v) is 2.24. The summed E-state index contributed by atoms with van der Waals surface area (Å²) in [6.07, 6.45) is 1.57. The topological polar surface area (TPSA) is 49.8 Å². The predicted molar refractivity (Wildman–Crippen MR) is 73.1 cm³/mol. The van der Waals surface area contributed by atoms with Gasteiger partial charge in [0, 0.05) is 12.1 Å². The molecule has 0 aliphatic heterocycles. The summed E-state index contributed by atoms with van der Waals surface area (Å²) in [6.45, 7) is 6.24. The summed E-state index contributed by atoms with van der Waals surface area (Å²) in [5.74, 6) is 1.65. The molecule has 0 atom stereocenters. The Balaban J connectivity index is 2.14. The van der Waals surface area contributed by atoms with Crippen LogP contribution in [0.5, 0.6) is 0 Å². The van der Waals surface area contributed by atoms with Gasteiger partial charge in [-0.25, -0.2) is 9.97 Å². The lowest BCUT2D eigenvalue weighted by Gasteiger charge is -2.10. The largest absolute Gasteiger partial charge is 0.368 e. The first kappa shape index (κ1) is 11.9. The van der Waals surface area contributed by atoms with Crippen LogP contribution < -0.4 is 10.6 Å². The van der Waals surface area contributed by atoms with Crippen LogP contribution in [0, 0.1) is 6.92 Å². The van der Waals surface area contributed by atoms with Gasteiger partial charge in [0.25, 0.3) is 0 Å². The van der Waals surface area contributed by atoms with Gasteiger partial charge in [-0.1, -0.05) is 0 Å². The molecule has 17 heavy (non-hydrogen) atoms. The molecule has 2 aromatic rings. The third-order valence-corrected chi connectivity index (χ3v) is 3.14. The number of hydrogen-bond acceptors (Lipinski definition) is 5. The lowest BCUT2D eigenvalue weighted by Crippen LogP contribution is -2.11. The van der Waals surface area contributed by atoms with Crippen molar-refractivity contribution >= 4 is 28.0 Å². The Kier molecular flexibility index (Phi) is 3.58. The van der Waals surface area contributed by atoms with Gasteiger partial charge in [0.05, 0.1) is 5.00 Å². The summed E-state index contributed by atoms with van der Waals surface area (Å²) in [5.41, 5.74) is 1.23. The Morgan fingerprint density at radius 3 is 2.65 bits per heavy atom. The molecule has 0 aliphatic rings. The van der Waals surface area contributed by atoms with Crippen molar-refractivity contribution in [2.45, 2.75) is 26.8 Å². The van der Waals surface area contributed by atoms with Crippen LogP contribution in [0.25, 0.3) is 0 Å². The highest BCUT2D eigenvalue weighted by Crippen LogP contribution is 2.25. The molecule has 90 valence electrons. The highest BCUT2D eigenvalue weighted by molar-refractivity contribution is 7.14. The molecule has 0 aliphatic carbocycles. The molecule has 0 spiro atoms. The summed E-state index contributed by atoms with van der Waals surface area (Å²) in [6, 6.07) is 4.36. The van der Waals surface area contributed by atoms with Crippen LogP contribution >= 0.6 is 11.3 Å². The highest BCUT2D eigenvalue weighted by atomic mass is 32.1. The molecule has 4 nitrogen and oxygen atoms in total. The number of hydrogen-bond donors (Lipinski definition) is 2. The number of aromatic nitrogens is 2. The van der Waals surface area contributed by atoms with E-state index in [0.717, 1.165) is 16.6 Å². The van der Waals surface area contributed by atoms with Gasteiger partial charge in [0.2, 0.25) is 0 Å². The molecule has 0 saturated carbocycles. The van der Waals surface area contributed by atoms with Crippen molar-refractivity contribution in [2.24, 2.45) is 0 Å². The van der Waals surface area contributed by atoms with E-state index in [1.165, 1.54) is 5.56 Å². The monoisotopic (exact) mass is 248 g/mol. The van der Waals surface area contributed by atoms with E-state index in [2.05, 4.69) is 52.8 Å². The summed E-state index contributed by atoms with van der Waals surface area (Å²) >= 11 is 1.67. The number of aryl methyl sites for hydroxylation is 1. The van der Waals surface area contributed by atoms with Gasteiger partial charge in [-0.2, -0.15) is 0 Å². The average molecular weight is 248 g/mol. The fraction of sp³-hybridized carbons (Fsp3) is 0.333. The quantitative estimate of drug-likeness (QED) is 0.870. The standard InChI is InChI=1S/C12H16N4S/c1-8(2)15-10-6-11(14-7-13-10)16-12-9(3)4-5-17-12/h4-8H,1-3H3,(H2,13,14,15,16). The molecule has 0 bridgehead atoms. The lowest BCUT2D eigenvalue weighted by molar-refractivity contribution is 0.886. The van der Waals surface area contributed by atoms with Gasteiger partial charge in [0.1, 0.15) is 18.0 Å². The molecule has 0 unspecified atom stereocenters. The molecule has 2 rings (SSSR count). The molecule has 2 N–H and O–H groups in total. The number of nitrogens with one attached hydrogen (secondary N) is 2. The lowest BCUT2D eigenvalue weighted by atomic mass is 10.3. The second kappa shape index (κ2) is 5.14. The van der Waals surface area contributed by atoms with E-state index >= 15 is 0 Å². The van der Waals surface area contributed by atoms with Gasteiger partial charge in [-0.3, -0.25) is 0 Å². The predicted octanol–water partition coefficient (Wildman–Crippen LogP) is 3.41. The van der Waals surface area contributed by atoms with Gasteiger partial charge >= 0.3 is 0 Å². The van der Waals surface area contributed by atoms with E-state index in [9.17, 15) is 0 Å². The second-order valence-corrected chi connectivity index (χ2v) is 5.06. The first-order valence-electron chi connectivity index (χ1n) is 5.55. The zero-order chi connectivity index (χ0) is 12.3. The van der Waals surface area contributed by atoms with E-state index in [-0.39, 0.29) is 0 Å². The third kappa shape index (κ3) is 3.17. The second-order valence-electron chi connectivity index (χ2n) is 4.15. The minimum absolute atomic E-state index is 0.362. The summed E-state index contributed by atoms with van der Waals surface area (Å²) in [4.78, 5) is 8.38. The number of anilines is 3. The Morgan fingerprint density at radius 1 is 1.24 bits per heavy atom. The van der Waals surface area contributed by atoms with E-state index < -0.39 is 0 Å². The Morgan fingerprint density at radius 2 is 2.00 bits per heavy atom. The Hall–Kier alpha value is -1.62. The first-order chi connectivity index (χ1) is 8.15. The maximum atomic E-state index is 4.21. The number of nitrogens with zero attached hydrogens (tertiary/aromatic N) is 2. The third-order valence-electron chi connectivity index (χ3n) is 2.21. The molecule has 5 heteroatoms. The zero-order valence-electron chi connectivity index (χ0n) is 10.2. The van der Waals surface area contributed by atoms with Crippen LogP contribution in [0.15, 0.2) is 23.8 Å². The van der Waals surface area contributed by atoms with Crippen LogP contribution in [0.2, 0.25) is 0 Å². The van der Waals surface area contributed by atoms with Crippen molar-refractivity contribution in [1.82, 2.24) is 9.97 Å². The molecule has 0 saturated heterocycles. The Labute approximate surface area is 105 Å². The van der Waals surface area contributed by atoms with Crippen LogP contribution in [0.4, 0.5) is 16.6 Å². The minimum Gasteiger partial charge on any atom is -0.368 e. The van der Waals surface area contributed by atoms with Gasteiger partial charge in [-0.15, -0.1) is 11.3 Å². The van der Waals surface area contributed by atoms with Crippen molar-refractivity contribution < 1.29 is 0 Å². The molecular weight excluding hydrogens is 232 g/mol. The van der Waals surface area contributed by atoms with Gasteiger partial charge < -0.3 is 10.6 Å². The maximum absolute atomic E-state index is 4.21. The maximum Gasteiger partial charge on any atom is 0.136 e. The SMILES string of the molecule is Cc1ccsc1Nc1cc(NC(C)C)ncn1. The van der Waals surface area contributed by atoms with Crippen molar-refractivity contribution in [2.75, 3.05) is 10.6 Å². The van der Waals surface area contributed by atoms with E-state index in [0.29, 0.717) is 6.04 Å². The number of thiophene rings is 1. The molecule has 2 aromatic heterocycles. The highest BCUT2D eigenvalue weighted by Gasteiger charge is 2.03. The van der Waals surface area contributed by atoms with Gasteiger partial charge in [0.15, 0.2) is 0 Å². The zero-order valence-corrected chi connectivity index (χ0v) is 11.0. The number of rotatable bonds is 4. The van der Waals surface area contributed by atoms with Crippen LogP contribution in [-0.2, 0) is 0 Å². The van der Waals surface area contributed by atoms with E-state index in [4.69, 9.17) is 0 Å². The molecule has 0 radical (unpaired) electrons. The first-order valence-corrected chi connectivity index (χ1v) is 6.43. The fourth-order valence-electron chi connectivity index (χ4n) is 1.42. The van der Waals surface area contributed by atoms with Crippen molar-refractivity contribution in [3.05, 3.63) is 29.4 Å².